The normalized spacial score (nSPS) is 32.4. The lowest BCUT2D eigenvalue weighted by atomic mass is 10.0. The molecule has 1 aliphatic carbocycles. The van der Waals surface area contributed by atoms with Gasteiger partial charge in [-0.2, -0.15) is 0 Å². The van der Waals surface area contributed by atoms with Gasteiger partial charge in [-0.3, -0.25) is 0 Å². The van der Waals surface area contributed by atoms with Crippen molar-refractivity contribution in [1.29, 1.82) is 0 Å². The van der Waals surface area contributed by atoms with E-state index in [0.717, 1.165) is 19.4 Å². The van der Waals surface area contributed by atoms with Gasteiger partial charge in [0.05, 0.1) is 6.10 Å². The van der Waals surface area contributed by atoms with Gasteiger partial charge in [0.2, 0.25) is 0 Å². The van der Waals surface area contributed by atoms with E-state index in [4.69, 9.17) is 8.85 Å². The van der Waals surface area contributed by atoms with Crippen LogP contribution in [0.25, 0.3) is 0 Å². The molecule has 0 aromatic carbocycles. The molecule has 18 heavy (non-hydrogen) atoms. The SMILES string of the molecule is C=C1CC[C@@H]2O[Si](C(C)(C)C)(C(C)(C)C)OC[C@@H]12. The standard InChI is InChI=1S/C15H28O2Si/c1-11-8-9-13-12(11)10-16-18(17-13,14(2,3)4)15(5,6)7/h12-13H,1,8-10H2,2-7H3/t12-,13-/m0/s1. The van der Waals surface area contributed by atoms with Crippen molar-refractivity contribution < 1.29 is 8.85 Å². The number of hydrogen-bond donors (Lipinski definition) is 0. The lowest BCUT2D eigenvalue weighted by Crippen LogP contribution is -2.62. The van der Waals surface area contributed by atoms with Crippen LogP contribution < -0.4 is 0 Å². The Kier molecular flexibility index (Phi) is 3.32. The number of rotatable bonds is 0. The predicted molar refractivity (Wildman–Crippen MR) is 77.9 cm³/mol. The molecule has 3 heteroatoms. The van der Waals surface area contributed by atoms with Crippen LogP contribution >= 0.6 is 0 Å². The fourth-order valence-corrected chi connectivity index (χ4v) is 8.72. The summed E-state index contributed by atoms with van der Waals surface area (Å²) in [6.07, 6.45) is 2.60. The van der Waals surface area contributed by atoms with Crippen LogP contribution in [0.1, 0.15) is 54.4 Å². The Bertz CT molecular complexity index is 334. The van der Waals surface area contributed by atoms with E-state index in [0.29, 0.717) is 12.0 Å². The van der Waals surface area contributed by atoms with Crippen LogP contribution in [0.15, 0.2) is 12.2 Å². The first-order valence-electron chi connectivity index (χ1n) is 7.08. The summed E-state index contributed by atoms with van der Waals surface area (Å²) in [7, 11) is -2.24. The van der Waals surface area contributed by atoms with Crippen molar-refractivity contribution in [1.82, 2.24) is 0 Å². The zero-order valence-corrected chi connectivity index (χ0v) is 13.8. The van der Waals surface area contributed by atoms with E-state index in [2.05, 4.69) is 48.1 Å². The Labute approximate surface area is 113 Å². The second-order valence-corrected chi connectivity index (χ2v) is 12.6. The van der Waals surface area contributed by atoms with E-state index >= 15 is 0 Å². The van der Waals surface area contributed by atoms with Crippen molar-refractivity contribution in [2.24, 2.45) is 5.92 Å². The molecule has 0 spiro atoms. The van der Waals surface area contributed by atoms with Crippen LogP contribution in [-0.4, -0.2) is 21.3 Å². The Morgan fingerprint density at radius 2 is 1.67 bits per heavy atom. The van der Waals surface area contributed by atoms with E-state index < -0.39 is 8.56 Å². The third kappa shape index (κ3) is 2.00. The molecule has 1 saturated heterocycles. The minimum absolute atomic E-state index is 0.0974. The fourth-order valence-electron chi connectivity index (χ4n) is 3.71. The second kappa shape index (κ2) is 4.19. The molecule has 104 valence electrons. The third-order valence-corrected chi connectivity index (χ3v) is 9.64. The molecule has 2 fully saturated rings. The lowest BCUT2D eigenvalue weighted by Gasteiger charge is -2.54. The maximum atomic E-state index is 6.65. The highest BCUT2D eigenvalue weighted by Crippen LogP contribution is 2.56. The minimum atomic E-state index is -2.24. The van der Waals surface area contributed by atoms with Crippen LogP contribution in [0.3, 0.4) is 0 Å². The van der Waals surface area contributed by atoms with E-state index in [9.17, 15) is 0 Å². The molecule has 0 radical (unpaired) electrons. The van der Waals surface area contributed by atoms with Gasteiger partial charge in [-0.15, -0.1) is 0 Å². The summed E-state index contributed by atoms with van der Waals surface area (Å²) < 4.78 is 13.1. The largest absolute Gasteiger partial charge is 0.393 e. The Balaban J connectivity index is 2.33. The smallest absolute Gasteiger partial charge is 0.349 e. The summed E-state index contributed by atoms with van der Waals surface area (Å²) in [5, 5.41) is 0.195. The summed E-state index contributed by atoms with van der Waals surface area (Å²) in [5.41, 5.74) is 1.32. The number of fused-ring (bicyclic) bond motifs is 1. The Morgan fingerprint density at radius 3 is 2.17 bits per heavy atom. The van der Waals surface area contributed by atoms with Crippen molar-refractivity contribution in [3.8, 4) is 0 Å². The van der Waals surface area contributed by atoms with Gasteiger partial charge in [-0.1, -0.05) is 53.7 Å². The molecule has 2 nitrogen and oxygen atoms in total. The molecule has 0 unspecified atom stereocenters. The zero-order chi connectivity index (χ0) is 13.8. The quantitative estimate of drug-likeness (QED) is 0.478. The van der Waals surface area contributed by atoms with Crippen molar-refractivity contribution in [3.05, 3.63) is 12.2 Å². The van der Waals surface area contributed by atoms with Crippen LogP contribution in [-0.2, 0) is 8.85 Å². The highest BCUT2D eigenvalue weighted by Gasteiger charge is 2.62. The molecule has 2 atom stereocenters. The molecule has 0 amide bonds. The summed E-state index contributed by atoms with van der Waals surface area (Å²) in [6, 6.07) is 0. The van der Waals surface area contributed by atoms with Crippen LogP contribution in [0.4, 0.5) is 0 Å². The van der Waals surface area contributed by atoms with Crippen molar-refractivity contribution in [3.63, 3.8) is 0 Å². The molecule has 0 bridgehead atoms. The van der Waals surface area contributed by atoms with Gasteiger partial charge in [-0.25, -0.2) is 0 Å². The summed E-state index contributed by atoms with van der Waals surface area (Å²) in [5.74, 6) is 0.440. The first kappa shape index (κ1) is 14.3. The summed E-state index contributed by atoms with van der Waals surface area (Å²) >= 11 is 0. The van der Waals surface area contributed by atoms with E-state index in [1.165, 1.54) is 5.57 Å². The minimum Gasteiger partial charge on any atom is -0.393 e. The molecule has 1 saturated carbocycles. The van der Waals surface area contributed by atoms with Crippen LogP contribution in [0.5, 0.6) is 0 Å². The average molecular weight is 268 g/mol. The number of hydrogen-bond acceptors (Lipinski definition) is 2. The van der Waals surface area contributed by atoms with Crippen LogP contribution in [0.2, 0.25) is 10.1 Å². The molecular weight excluding hydrogens is 240 g/mol. The molecule has 2 aliphatic rings. The van der Waals surface area contributed by atoms with Crippen molar-refractivity contribution in [2.45, 2.75) is 70.6 Å². The fraction of sp³-hybridized carbons (Fsp3) is 0.867. The van der Waals surface area contributed by atoms with Gasteiger partial charge in [0, 0.05) is 22.6 Å². The van der Waals surface area contributed by atoms with Gasteiger partial charge in [-0.05, 0) is 12.8 Å². The Morgan fingerprint density at radius 1 is 1.11 bits per heavy atom. The van der Waals surface area contributed by atoms with E-state index in [1.54, 1.807) is 0 Å². The van der Waals surface area contributed by atoms with Gasteiger partial charge in [0.1, 0.15) is 0 Å². The van der Waals surface area contributed by atoms with Gasteiger partial charge < -0.3 is 8.85 Å². The van der Waals surface area contributed by atoms with Gasteiger partial charge >= 0.3 is 8.56 Å². The van der Waals surface area contributed by atoms with E-state index in [-0.39, 0.29) is 10.1 Å². The zero-order valence-electron chi connectivity index (χ0n) is 12.8. The molecular formula is C15H28O2Si. The van der Waals surface area contributed by atoms with E-state index in [1.807, 2.05) is 0 Å². The average Bonchev–Trinajstić information content (AvgIpc) is 2.56. The van der Waals surface area contributed by atoms with Crippen LogP contribution in [0, 0.1) is 5.92 Å². The topological polar surface area (TPSA) is 18.5 Å². The molecule has 0 aromatic heterocycles. The Hall–Kier alpha value is -0.123. The second-order valence-electron chi connectivity index (χ2n) is 7.89. The van der Waals surface area contributed by atoms with Crippen molar-refractivity contribution >= 4 is 8.56 Å². The maximum Gasteiger partial charge on any atom is 0.349 e. The van der Waals surface area contributed by atoms with Gasteiger partial charge in [0.25, 0.3) is 0 Å². The van der Waals surface area contributed by atoms with Crippen molar-refractivity contribution in [2.75, 3.05) is 6.61 Å². The lowest BCUT2D eigenvalue weighted by molar-refractivity contribution is -0.00142. The molecule has 1 aliphatic heterocycles. The summed E-state index contributed by atoms with van der Waals surface area (Å²) in [4.78, 5) is 0. The first-order valence-corrected chi connectivity index (χ1v) is 8.89. The first-order chi connectivity index (χ1) is 8.08. The molecule has 2 rings (SSSR count). The highest BCUT2D eigenvalue weighted by atomic mass is 28.4. The third-order valence-electron chi connectivity index (χ3n) is 4.48. The highest BCUT2D eigenvalue weighted by molar-refractivity contribution is 6.73. The predicted octanol–water partition coefficient (Wildman–Crippen LogP) is 4.41. The monoisotopic (exact) mass is 268 g/mol. The summed E-state index contributed by atoms with van der Waals surface area (Å²) in [6.45, 7) is 18.6. The molecule has 1 heterocycles. The van der Waals surface area contributed by atoms with Gasteiger partial charge in [0.15, 0.2) is 0 Å². The molecule has 0 aromatic rings. The molecule has 0 N–H and O–H groups in total. The maximum absolute atomic E-state index is 6.65.